The fourth-order valence-corrected chi connectivity index (χ4v) is 9.04. The summed E-state index contributed by atoms with van der Waals surface area (Å²) >= 11 is 0. The molecule has 0 spiro atoms. The van der Waals surface area contributed by atoms with Crippen molar-refractivity contribution >= 4 is 0 Å². The van der Waals surface area contributed by atoms with Gasteiger partial charge in [-0.3, -0.25) is 0 Å². The molecule has 0 amide bonds. The Hall–Kier alpha value is -0.480. The predicted molar refractivity (Wildman–Crippen MR) is 250 cm³/mol. The number of aliphatic hydroxyl groups excluding tert-OH is 2. The van der Waals surface area contributed by atoms with Crippen molar-refractivity contribution in [3.05, 3.63) is 0 Å². The van der Waals surface area contributed by atoms with Crippen LogP contribution in [0, 0.1) is 0 Å². The van der Waals surface area contributed by atoms with Crippen molar-refractivity contribution in [1.82, 2.24) is 0 Å². The van der Waals surface area contributed by atoms with E-state index in [0.717, 1.165) is 6.42 Å². The summed E-state index contributed by atoms with van der Waals surface area (Å²) in [7, 11) is 0. The molecule has 62 heavy (non-hydrogen) atoms. The lowest BCUT2D eigenvalue weighted by Gasteiger charge is -2.31. The standard InChI is InChI=1S/C50H102O12/c1-41(2,53)21-12-22-42(3,54)23-13-24-43(4,55)25-14-26-44(5,56)27-15-28-45(6,57)29-16-30-46(7,58)31-17-32-47(8,59)33-18-34-48(9,60)35-19-36-49(10,61)37-20-38-50(11,62)40(52)39-51/h40,51-62H,12-39H2,1-11H3/t40-,42-,43-,44-,45-,46-,47-,48-,49-,50-/m1/s1. The molecule has 0 rings (SSSR count). The summed E-state index contributed by atoms with van der Waals surface area (Å²) in [5.74, 6) is 0. The first-order chi connectivity index (χ1) is 27.8. The summed E-state index contributed by atoms with van der Waals surface area (Å²) in [6.45, 7) is 18.8. The van der Waals surface area contributed by atoms with Gasteiger partial charge in [-0.15, -0.1) is 0 Å². The van der Waals surface area contributed by atoms with Gasteiger partial charge >= 0.3 is 0 Å². The molecule has 12 nitrogen and oxygen atoms in total. The largest absolute Gasteiger partial charge is 0.394 e. The number of hydrogen-bond donors (Lipinski definition) is 12. The maximum atomic E-state index is 11.1. The Morgan fingerprint density at radius 1 is 0.258 bits per heavy atom. The van der Waals surface area contributed by atoms with E-state index < -0.39 is 68.7 Å². The molecular weight excluding hydrogens is 793 g/mol. The van der Waals surface area contributed by atoms with Gasteiger partial charge in [0.2, 0.25) is 0 Å². The molecule has 0 saturated heterocycles. The lowest BCUT2D eigenvalue weighted by atomic mass is 9.83. The second-order valence-corrected chi connectivity index (χ2v) is 23.5. The zero-order chi connectivity index (χ0) is 48.4. The van der Waals surface area contributed by atoms with Gasteiger partial charge in [-0.1, -0.05) is 0 Å². The van der Waals surface area contributed by atoms with Crippen LogP contribution in [0.5, 0.6) is 0 Å². The minimum absolute atomic E-state index is 0.246. The van der Waals surface area contributed by atoms with Gasteiger partial charge in [0, 0.05) is 0 Å². The molecule has 0 aliphatic rings. The molecule has 0 aromatic heterocycles. The molecule has 374 valence electrons. The second kappa shape index (κ2) is 26.2. The molecule has 0 aliphatic carbocycles. The fraction of sp³-hybridized carbons (Fsp3) is 1.00. The summed E-state index contributed by atoms with van der Waals surface area (Å²) in [6, 6.07) is 0. The zero-order valence-corrected chi connectivity index (χ0v) is 41.7. The molecule has 10 atom stereocenters. The summed E-state index contributed by atoms with van der Waals surface area (Å²) in [6.07, 6.45) is 13.7. The Bertz CT molecular complexity index is 1180. The van der Waals surface area contributed by atoms with E-state index in [1.54, 1.807) is 48.5 Å². The average molecular weight is 895 g/mol. The Morgan fingerprint density at radius 3 is 0.548 bits per heavy atom. The zero-order valence-electron chi connectivity index (χ0n) is 41.7. The van der Waals surface area contributed by atoms with Crippen molar-refractivity contribution in [2.75, 3.05) is 6.61 Å². The maximum Gasteiger partial charge on any atom is 0.105 e. The van der Waals surface area contributed by atoms with Gasteiger partial charge < -0.3 is 61.3 Å². The van der Waals surface area contributed by atoms with Gasteiger partial charge in [-0.2, -0.15) is 0 Å². The number of hydrogen-bond acceptors (Lipinski definition) is 12. The SMILES string of the molecule is CC(C)(O)CCC[C@@](C)(O)CCC[C@@](C)(O)CCC[C@@](C)(O)CCC[C@@](C)(O)CCC[C@@](C)(O)CCC[C@@](C)(O)CCC[C@@](C)(O)CCC[C@@](C)(O)CCC[C@@](C)(O)[C@H](O)CO. The molecule has 0 fully saturated rings. The van der Waals surface area contributed by atoms with Gasteiger partial charge in [0.25, 0.3) is 0 Å². The summed E-state index contributed by atoms with van der Waals surface area (Å²) in [5, 5.41) is 127. The highest BCUT2D eigenvalue weighted by Crippen LogP contribution is 2.33. The van der Waals surface area contributed by atoms with Gasteiger partial charge in [0.15, 0.2) is 0 Å². The van der Waals surface area contributed by atoms with Crippen molar-refractivity contribution < 1.29 is 61.3 Å². The molecule has 0 aromatic carbocycles. The van der Waals surface area contributed by atoms with E-state index in [9.17, 15) is 56.2 Å². The van der Waals surface area contributed by atoms with Crippen molar-refractivity contribution in [3.8, 4) is 0 Å². The van der Waals surface area contributed by atoms with Crippen LogP contribution >= 0.6 is 0 Å². The van der Waals surface area contributed by atoms with Crippen LogP contribution in [0.2, 0.25) is 0 Å². The third kappa shape index (κ3) is 32.2. The van der Waals surface area contributed by atoms with Crippen LogP contribution in [0.25, 0.3) is 0 Å². The molecule has 0 bridgehead atoms. The van der Waals surface area contributed by atoms with E-state index >= 15 is 0 Å². The highest BCUT2D eigenvalue weighted by Gasteiger charge is 2.33. The molecule has 12 N–H and O–H groups in total. The van der Waals surface area contributed by atoms with Crippen molar-refractivity contribution in [2.24, 2.45) is 0 Å². The molecule has 0 radical (unpaired) electrons. The van der Waals surface area contributed by atoms with E-state index in [2.05, 4.69) is 0 Å². The maximum absolute atomic E-state index is 11.1. The van der Waals surface area contributed by atoms with Crippen molar-refractivity contribution in [1.29, 1.82) is 0 Å². The van der Waals surface area contributed by atoms with E-state index in [1.807, 2.05) is 20.8 Å². The molecule has 0 heterocycles. The second-order valence-electron chi connectivity index (χ2n) is 23.5. The summed E-state index contributed by atoms with van der Waals surface area (Å²) < 4.78 is 0. The minimum atomic E-state index is -1.42. The predicted octanol–water partition coefficient (Wildman–Crippen LogP) is 7.40. The highest BCUT2D eigenvalue weighted by molar-refractivity contribution is 4.86. The Balaban J connectivity index is 4.44. The first-order valence-corrected chi connectivity index (χ1v) is 24.4. The Morgan fingerprint density at radius 2 is 0.403 bits per heavy atom. The van der Waals surface area contributed by atoms with Crippen LogP contribution in [0.1, 0.15) is 250 Å². The normalized spacial score (nSPS) is 22.1. The molecule has 0 unspecified atom stereocenters. The molecule has 12 heteroatoms. The van der Waals surface area contributed by atoms with E-state index in [1.165, 1.54) is 6.92 Å². The first-order valence-electron chi connectivity index (χ1n) is 24.4. The third-order valence-corrected chi connectivity index (χ3v) is 13.8. The fourth-order valence-electron chi connectivity index (χ4n) is 9.04. The highest BCUT2D eigenvalue weighted by atomic mass is 16.4. The summed E-state index contributed by atoms with van der Waals surface area (Å²) in [5.41, 5.74) is -9.53. The van der Waals surface area contributed by atoms with Crippen molar-refractivity contribution in [3.63, 3.8) is 0 Å². The molecule has 0 aromatic rings. The molecule has 0 saturated carbocycles. The van der Waals surface area contributed by atoms with Crippen LogP contribution < -0.4 is 0 Å². The monoisotopic (exact) mass is 895 g/mol. The van der Waals surface area contributed by atoms with E-state index in [-0.39, 0.29) is 6.42 Å². The molecule has 0 aliphatic heterocycles. The van der Waals surface area contributed by atoms with Crippen LogP contribution in [-0.4, -0.2) is 130 Å². The molecular formula is C50H102O12. The topological polar surface area (TPSA) is 243 Å². The lowest BCUT2D eigenvalue weighted by molar-refractivity contribution is -0.0908. The van der Waals surface area contributed by atoms with Gasteiger partial charge in [-0.05, 0) is 250 Å². The summed E-state index contributed by atoms with van der Waals surface area (Å²) in [4.78, 5) is 0. The average Bonchev–Trinajstić information content (AvgIpc) is 3.05. The minimum Gasteiger partial charge on any atom is -0.394 e. The van der Waals surface area contributed by atoms with Crippen LogP contribution in [0.4, 0.5) is 0 Å². The Labute approximate surface area is 378 Å². The van der Waals surface area contributed by atoms with E-state index in [0.29, 0.717) is 161 Å². The lowest BCUT2D eigenvalue weighted by Crippen LogP contribution is -2.42. The third-order valence-electron chi connectivity index (χ3n) is 13.8. The van der Waals surface area contributed by atoms with E-state index in [4.69, 9.17) is 5.11 Å². The first kappa shape index (κ1) is 61.5. The smallest absolute Gasteiger partial charge is 0.105 e. The Kier molecular flexibility index (Phi) is 26.0. The van der Waals surface area contributed by atoms with Gasteiger partial charge in [-0.25, -0.2) is 0 Å². The van der Waals surface area contributed by atoms with Crippen LogP contribution in [0.15, 0.2) is 0 Å². The number of aliphatic hydroxyl groups is 12. The van der Waals surface area contributed by atoms with Gasteiger partial charge in [0.05, 0.1) is 62.6 Å². The van der Waals surface area contributed by atoms with Crippen LogP contribution in [0.3, 0.4) is 0 Å². The van der Waals surface area contributed by atoms with Gasteiger partial charge in [0.1, 0.15) is 6.10 Å². The number of rotatable bonds is 38. The quantitative estimate of drug-likeness (QED) is 0.0290. The van der Waals surface area contributed by atoms with Crippen molar-refractivity contribution in [2.45, 2.75) is 312 Å². The van der Waals surface area contributed by atoms with Crippen LogP contribution in [-0.2, 0) is 0 Å².